The molecular formula is C21H17ClF2N2O5. The van der Waals surface area contributed by atoms with Crippen LogP contribution in [0.2, 0.25) is 5.02 Å². The quantitative estimate of drug-likeness (QED) is 0.550. The maximum Gasteiger partial charge on any atom is 0.322 e. The van der Waals surface area contributed by atoms with E-state index in [4.69, 9.17) is 16.7 Å². The lowest BCUT2D eigenvalue weighted by Crippen LogP contribution is -2.32. The zero-order valence-corrected chi connectivity index (χ0v) is 17.1. The van der Waals surface area contributed by atoms with Crippen molar-refractivity contribution in [2.75, 3.05) is 6.54 Å². The summed E-state index contributed by atoms with van der Waals surface area (Å²) in [5.41, 5.74) is 0.0852. The van der Waals surface area contributed by atoms with E-state index in [1.54, 1.807) is 6.07 Å². The molecule has 0 aliphatic carbocycles. The molecule has 0 saturated heterocycles. The fourth-order valence-corrected chi connectivity index (χ4v) is 3.69. The van der Waals surface area contributed by atoms with Gasteiger partial charge in [-0.1, -0.05) is 17.7 Å². The summed E-state index contributed by atoms with van der Waals surface area (Å²) in [6.07, 6.45) is 0. The summed E-state index contributed by atoms with van der Waals surface area (Å²) in [4.78, 5) is 36.4. The van der Waals surface area contributed by atoms with Crippen LogP contribution in [0, 0.1) is 18.6 Å². The minimum atomic E-state index is -1.33. The molecule has 0 unspecified atom stereocenters. The molecule has 1 amide bonds. The van der Waals surface area contributed by atoms with E-state index in [0.717, 1.165) is 10.6 Å². The van der Waals surface area contributed by atoms with Crippen molar-refractivity contribution in [1.82, 2.24) is 9.88 Å². The van der Waals surface area contributed by atoms with Gasteiger partial charge in [0, 0.05) is 27.7 Å². The first-order valence-corrected chi connectivity index (χ1v) is 9.44. The summed E-state index contributed by atoms with van der Waals surface area (Å²) in [5.74, 6) is -7.65. The van der Waals surface area contributed by atoms with Crippen LogP contribution in [0.4, 0.5) is 8.78 Å². The van der Waals surface area contributed by atoms with Crippen molar-refractivity contribution in [1.29, 1.82) is 0 Å². The number of fused-ring (bicyclic) bond motifs is 1. The van der Waals surface area contributed by atoms with Crippen LogP contribution in [0.15, 0.2) is 30.3 Å². The van der Waals surface area contributed by atoms with Gasteiger partial charge in [0.1, 0.15) is 6.54 Å². The number of halogens is 3. The number of aromatic hydroxyl groups is 1. The molecule has 0 radical (unpaired) electrons. The van der Waals surface area contributed by atoms with Gasteiger partial charge in [0.05, 0.1) is 11.4 Å². The molecule has 1 heterocycles. The summed E-state index contributed by atoms with van der Waals surface area (Å²) < 4.78 is 30.1. The third kappa shape index (κ3) is 3.96. The number of rotatable bonds is 5. The number of nitrogens with zero attached hydrogens (tertiary/aromatic N) is 1. The Bertz CT molecular complexity index is 1240. The largest absolute Gasteiger partial charge is 0.503 e. The second-order valence-electron chi connectivity index (χ2n) is 6.90. The fraction of sp³-hybridized carbons (Fsp3) is 0.190. The minimum absolute atomic E-state index is 0.0149. The summed E-state index contributed by atoms with van der Waals surface area (Å²) in [6.45, 7) is 2.16. The fourth-order valence-electron chi connectivity index (χ4n) is 3.50. The standard InChI is InChI=1S/C21H17ClF2N2O5/c1-9(20(30)25-8-15(27)28)16-10(2)26(21(31)11-4-3-5-12(22)6-11)14-7-13(23)19(29)18(24)17(14)16/h3-7,9,29H,8H2,1-2H3,(H,25,30)(H,27,28)/t9-/m0/s1. The van der Waals surface area contributed by atoms with Gasteiger partial charge in [-0.15, -0.1) is 0 Å². The highest BCUT2D eigenvalue weighted by atomic mass is 35.5. The average Bonchev–Trinajstić information content (AvgIpc) is 3.00. The number of aliphatic carboxylic acids is 1. The van der Waals surface area contributed by atoms with Gasteiger partial charge < -0.3 is 15.5 Å². The lowest BCUT2D eigenvalue weighted by Gasteiger charge is -2.13. The Balaban J connectivity index is 2.27. The van der Waals surface area contributed by atoms with Crippen molar-refractivity contribution < 1.29 is 33.4 Å². The molecule has 10 heteroatoms. The highest BCUT2D eigenvalue weighted by molar-refractivity contribution is 6.31. The van der Waals surface area contributed by atoms with E-state index in [2.05, 4.69) is 5.32 Å². The molecule has 0 aliphatic rings. The first kappa shape index (κ1) is 22.2. The van der Waals surface area contributed by atoms with Gasteiger partial charge in [0.25, 0.3) is 5.91 Å². The number of carboxylic acids is 1. The maximum atomic E-state index is 14.9. The molecule has 162 valence electrons. The second-order valence-corrected chi connectivity index (χ2v) is 7.33. The molecular weight excluding hydrogens is 434 g/mol. The number of nitrogens with one attached hydrogen (secondary N) is 1. The summed E-state index contributed by atoms with van der Waals surface area (Å²) >= 11 is 5.95. The van der Waals surface area contributed by atoms with Crippen molar-refractivity contribution >= 4 is 40.3 Å². The smallest absolute Gasteiger partial charge is 0.322 e. The molecule has 0 aliphatic heterocycles. The maximum absolute atomic E-state index is 14.9. The van der Waals surface area contributed by atoms with Crippen LogP contribution in [-0.2, 0) is 9.59 Å². The number of hydrogen-bond acceptors (Lipinski definition) is 4. The van der Waals surface area contributed by atoms with E-state index in [1.165, 1.54) is 32.0 Å². The van der Waals surface area contributed by atoms with Crippen LogP contribution in [0.3, 0.4) is 0 Å². The first-order valence-electron chi connectivity index (χ1n) is 9.06. The van der Waals surface area contributed by atoms with E-state index >= 15 is 0 Å². The molecule has 0 spiro atoms. The SMILES string of the molecule is Cc1c([C@H](C)C(=O)NCC(=O)O)c2c(F)c(O)c(F)cc2n1C(=O)c1cccc(Cl)c1. The predicted molar refractivity (Wildman–Crippen MR) is 108 cm³/mol. The zero-order chi connectivity index (χ0) is 23.0. The number of hydrogen-bond donors (Lipinski definition) is 3. The molecule has 3 N–H and O–H groups in total. The topological polar surface area (TPSA) is 109 Å². The molecule has 1 aromatic heterocycles. The Morgan fingerprint density at radius 1 is 1.23 bits per heavy atom. The van der Waals surface area contributed by atoms with Crippen LogP contribution in [0.25, 0.3) is 10.9 Å². The molecule has 31 heavy (non-hydrogen) atoms. The van der Waals surface area contributed by atoms with Gasteiger partial charge in [0.15, 0.2) is 17.4 Å². The number of carbonyl (C=O) groups is 3. The van der Waals surface area contributed by atoms with Crippen molar-refractivity contribution in [2.45, 2.75) is 19.8 Å². The van der Waals surface area contributed by atoms with Crippen LogP contribution in [-0.4, -0.2) is 39.1 Å². The van der Waals surface area contributed by atoms with Crippen molar-refractivity contribution in [3.8, 4) is 5.75 Å². The van der Waals surface area contributed by atoms with Crippen molar-refractivity contribution in [3.63, 3.8) is 0 Å². The molecule has 0 bridgehead atoms. The van der Waals surface area contributed by atoms with Crippen LogP contribution in [0.1, 0.15) is 34.5 Å². The molecule has 2 aromatic carbocycles. The van der Waals surface area contributed by atoms with E-state index in [1.807, 2.05) is 0 Å². The number of phenols is 1. The Morgan fingerprint density at radius 3 is 2.52 bits per heavy atom. The number of benzene rings is 2. The highest BCUT2D eigenvalue weighted by Crippen LogP contribution is 2.38. The molecule has 0 fully saturated rings. The lowest BCUT2D eigenvalue weighted by atomic mass is 9.96. The average molecular weight is 451 g/mol. The number of carbonyl (C=O) groups excluding carboxylic acids is 2. The van der Waals surface area contributed by atoms with Gasteiger partial charge in [-0.2, -0.15) is 0 Å². The van der Waals surface area contributed by atoms with Gasteiger partial charge in [0.2, 0.25) is 5.91 Å². The zero-order valence-electron chi connectivity index (χ0n) is 16.4. The van der Waals surface area contributed by atoms with Crippen molar-refractivity contribution in [3.05, 3.63) is 63.8 Å². The van der Waals surface area contributed by atoms with Crippen LogP contribution >= 0.6 is 11.6 Å². The van der Waals surface area contributed by atoms with Crippen LogP contribution in [0.5, 0.6) is 5.75 Å². The molecule has 1 atom stereocenters. The minimum Gasteiger partial charge on any atom is -0.503 e. The molecule has 0 saturated carbocycles. The Kier molecular flexibility index (Phi) is 5.99. The number of carboxylic acid groups (broad SMARTS) is 1. The molecule has 7 nitrogen and oxygen atoms in total. The third-order valence-electron chi connectivity index (χ3n) is 4.92. The first-order chi connectivity index (χ1) is 14.5. The third-order valence-corrected chi connectivity index (χ3v) is 5.16. The predicted octanol–water partition coefficient (Wildman–Crippen LogP) is 3.58. The number of phenolic OH excluding ortho intramolecular Hbond substituents is 1. The van der Waals surface area contributed by atoms with Gasteiger partial charge >= 0.3 is 5.97 Å². The summed E-state index contributed by atoms with van der Waals surface area (Å²) in [5, 5.41) is 20.7. The summed E-state index contributed by atoms with van der Waals surface area (Å²) in [6, 6.07) is 6.73. The second kappa shape index (κ2) is 8.35. The van der Waals surface area contributed by atoms with Crippen LogP contribution < -0.4 is 5.32 Å². The van der Waals surface area contributed by atoms with E-state index < -0.39 is 47.6 Å². The van der Waals surface area contributed by atoms with E-state index in [9.17, 15) is 28.3 Å². The molecule has 3 rings (SSSR count). The number of amides is 1. The van der Waals surface area contributed by atoms with E-state index in [-0.39, 0.29) is 32.7 Å². The molecule has 3 aromatic rings. The summed E-state index contributed by atoms with van der Waals surface area (Å²) in [7, 11) is 0. The van der Waals surface area contributed by atoms with Gasteiger partial charge in [-0.25, -0.2) is 8.78 Å². The van der Waals surface area contributed by atoms with E-state index in [0.29, 0.717) is 0 Å². The van der Waals surface area contributed by atoms with Crippen molar-refractivity contribution in [2.24, 2.45) is 0 Å². The van der Waals surface area contributed by atoms with Gasteiger partial charge in [-0.05, 0) is 37.6 Å². The Morgan fingerprint density at radius 2 is 1.90 bits per heavy atom. The highest BCUT2D eigenvalue weighted by Gasteiger charge is 2.30. The number of aromatic nitrogens is 1. The Hall–Kier alpha value is -3.46. The normalized spacial score (nSPS) is 12.0. The monoisotopic (exact) mass is 450 g/mol. The lowest BCUT2D eigenvalue weighted by molar-refractivity contribution is -0.138. The Labute approximate surface area is 179 Å². The van der Waals surface area contributed by atoms with Gasteiger partial charge in [-0.3, -0.25) is 19.0 Å².